The third-order valence-corrected chi connectivity index (χ3v) is 4.08. The lowest BCUT2D eigenvalue weighted by atomic mass is 10.1. The van der Waals surface area contributed by atoms with Crippen LogP contribution >= 0.6 is 11.3 Å². The van der Waals surface area contributed by atoms with Crippen LogP contribution in [0.2, 0.25) is 0 Å². The minimum Gasteiger partial charge on any atom is -0.508 e. The first kappa shape index (κ1) is 14.4. The Morgan fingerprint density at radius 3 is 2.73 bits per heavy atom. The molecule has 3 rings (SSSR count). The summed E-state index contributed by atoms with van der Waals surface area (Å²) in [5.74, 6) is 0.273. The van der Waals surface area contributed by atoms with Crippen LogP contribution in [0.3, 0.4) is 0 Å². The molecule has 0 saturated heterocycles. The number of phenolic OH excluding ortho intramolecular Hbond substituents is 1. The van der Waals surface area contributed by atoms with Crippen LogP contribution in [0.15, 0.2) is 60.6 Å². The van der Waals surface area contributed by atoms with E-state index in [1.807, 2.05) is 36.5 Å². The molecule has 0 radical (unpaired) electrons. The number of aromatic hydroxyl groups is 1. The van der Waals surface area contributed by atoms with Gasteiger partial charge in [0, 0.05) is 23.2 Å². The standard InChI is InChI=1S/C18H16N2OS/c1-14(13-15-4-7-17(21)8-5-15)20-11-10-16(19-20)6-9-18-3-2-12-22-18/h2-12,21H,1,13H2/b9-6+. The summed E-state index contributed by atoms with van der Waals surface area (Å²) in [6.07, 6.45) is 6.66. The lowest BCUT2D eigenvalue weighted by Crippen LogP contribution is -2.00. The summed E-state index contributed by atoms with van der Waals surface area (Å²) < 4.78 is 1.79. The Morgan fingerprint density at radius 2 is 2.00 bits per heavy atom. The van der Waals surface area contributed by atoms with Gasteiger partial charge < -0.3 is 5.11 Å². The fourth-order valence-corrected chi connectivity index (χ4v) is 2.71. The molecular weight excluding hydrogens is 292 g/mol. The SMILES string of the molecule is C=C(Cc1ccc(O)cc1)n1ccc(/C=C/c2cccs2)n1. The number of thiophene rings is 1. The average Bonchev–Trinajstić information content (AvgIpc) is 3.18. The van der Waals surface area contributed by atoms with Crippen molar-refractivity contribution in [3.05, 3.63) is 76.8 Å². The molecule has 0 amide bonds. The van der Waals surface area contributed by atoms with Crippen molar-refractivity contribution >= 4 is 29.2 Å². The van der Waals surface area contributed by atoms with Crippen LogP contribution in [0.4, 0.5) is 0 Å². The predicted octanol–water partition coefficient (Wildman–Crippen LogP) is 4.53. The lowest BCUT2D eigenvalue weighted by molar-refractivity contribution is 0.475. The smallest absolute Gasteiger partial charge is 0.115 e. The minimum atomic E-state index is 0.273. The van der Waals surface area contributed by atoms with Gasteiger partial charge in [0.2, 0.25) is 0 Å². The van der Waals surface area contributed by atoms with Crippen LogP contribution in [-0.4, -0.2) is 14.9 Å². The Hall–Kier alpha value is -2.59. The molecule has 1 aromatic carbocycles. The van der Waals surface area contributed by atoms with E-state index in [9.17, 15) is 5.11 Å². The Labute approximate surface area is 133 Å². The molecular formula is C18H16N2OS. The molecule has 0 atom stereocenters. The normalized spacial score (nSPS) is 11.1. The second-order valence-electron chi connectivity index (χ2n) is 4.94. The molecule has 3 aromatic rings. The van der Waals surface area contributed by atoms with Crippen LogP contribution in [0.25, 0.3) is 17.8 Å². The molecule has 0 fully saturated rings. The number of hydrogen-bond donors (Lipinski definition) is 1. The predicted molar refractivity (Wildman–Crippen MR) is 92.6 cm³/mol. The highest BCUT2D eigenvalue weighted by Crippen LogP contribution is 2.16. The number of phenols is 1. The Balaban J connectivity index is 1.67. The molecule has 110 valence electrons. The van der Waals surface area contributed by atoms with Gasteiger partial charge in [0.15, 0.2) is 0 Å². The van der Waals surface area contributed by atoms with E-state index in [0.29, 0.717) is 6.42 Å². The summed E-state index contributed by atoms with van der Waals surface area (Å²) >= 11 is 1.70. The van der Waals surface area contributed by atoms with Gasteiger partial charge in [-0.1, -0.05) is 24.8 Å². The van der Waals surface area contributed by atoms with Gasteiger partial charge in [-0.15, -0.1) is 11.3 Å². The van der Waals surface area contributed by atoms with E-state index < -0.39 is 0 Å². The van der Waals surface area contributed by atoms with Crippen LogP contribution < -0.4 is 0 Å². The van der Waals surface area contributed by atoms with Gasteiger partial charge in [0.25, 0.3) is 0 Å². The maximum atomic E-state index is 9.30. The quantitative estimate of drug-likeness (QED) is 0.752. The van der Waals surface area contributed by atoms with E-state index >= 15 is 0 Å². The van der Waals surface area contributed by atoms with Crippen molar-refractivity contribution in [3.8, 4) is 5.75 Å². The zero-order valence-electron chi connectivity index (χ0n) is 12.0. The first-order chi connectivity index (χ1) is 10.7. The van der Waals surface area contributed by atoms with Gasteiger partial charge in [-0.3, -0.25) is 0 Å². The average molecular weight is 308 g/mol. The summed E-state index contributed by atoms with van der Waals surface area (Å²) in [5, 5.41) is 15.9. The highest BCUT2D eigenvalue weighted by molar-refractivity contribution is 7.10. The summed E-state index contributed by atoms with van der Waals surface area (Å²) in [6, 6.07) is 13.2. The number of hydrogen-bond acceptors (Lipinski definition) is 3. The van der Waals surface area contributed by atoms with E-state index in [1.165, 1.54) is 4.88 Å². The Bertz CT molecular complexity index is 783. The van der Waals surface area contributed by atoms with Crippen molar-refractivity contribution in [3.63, 3.8) is 0 Å². The minimum absolute atomic E-state index is 0.273. The Kier molecular flexibility index (Phi) is 4.21. The fourth-order valence-electron chi connectivity index (χ4n) is 2.09. The number of aromatic nitrogens is 2. The van der Waals surface area contributed by atoms with Crippen LogP contribution in [0.5, 0.6) is 5.75 Å². The van der Waals surface area contributed by atoms with Crippen molar-refractivity contribution in [2.24, 2.45) is 0 Å². The summed E-state index contributed by atoms with van der Waals surface area (Å²) in [4.78, 5) is 1.21. The lowest BCUT2D eigenvalue weighted by Gasteiger charge is -2.06. The number of rotatable bonds is 5. The molecule has 4 heteroatoms. The third-order valence-electron chi connectivity index (χ3n) is 3.24. The second kappa shape index (κ2) is 6.45. The molecule has 0 aliphatic rings. The monoisotopic (exact) mass is 308 g/mol. The molecule has 0 unspecified atom stereocenters. The number of allylic oxidation sites excluding steroid dienone is 1. The van der Waals surface area contributed by atoms with Crippen LogP contribution in [0, 0.1) is 0 Å². The van der Waals surface area contributed by atoms with Crippen molar-refractivity contribution in [2.45, 2.75) is 6.42 Å². The Morgan fingerprint density at radius 1 is 1.18 bits per heavy atom. The van der Waals surface area contributed by atoms with Crippen molar-refractivity contribution in [2.75, 3.05) is 0 Å². The van der Waals surface area contributed by atoms with E-state index in [0.717, 1.165) is 17.0 Å². The van der Waals surface area contributed by atoms with E-state index in [4.69, 9.17) is 0 Å². The third kappa shape index (κ3) is 3.54. The van der Waals surface area contributed by atoms with Crippen molar-refractivity contribution in [1.29, 1.82) is 0 Å². The summed E-state index contributed by atoms with van der Waals surface area (Å²) in [5.41, 5.74) is 2.88. The van der Waals surface area contributed by atoms with E-state index in [1.54, 1.807) is 28.2 Å². The molecule has 0 saturated carbocycles. The molecule has 3 nitrogen and oxygen atoms in total. The van der Waals surface area contributed by atoms with Crippen molar-refractivity contribution < 1.29 is 5.11 Å². The molecule has 1 N–H and O–H groups in total. The zero-order valence-corrected chi connectivity index (χ0v) is 12.8. The van der Waals surface area contributed by atoms with Crippen LogP contribution in [-0.2, 0) is 6.42 Å². The largest absolute Gasteiger partial charge is 0.508 e. The first-order valence-corrected chi connectivity index (χ1v) is 7.82. The van der Waals surface area contributed by atoms with Gasteiger partial charge in [-0.05, 0) is 47.4 Å². The highest BCUT2D eigenvalue weighted by atomic mass is 32.1. The number of benzene rings is 1. The van der Waals surface area contributed by atoms with Gasteiger partial charge in [0.1, 0.15) is 5.75 Å². The molecule has 2 aromatic heterocycles. The second-order valence-corrected chi connectivity index (χ2v) is 5.92. The van der Waals surface area contributed by atoms with E-state index in [2.05, 4.69) is 29.2 Å². The van der Waals surface area contributed by atoms with Gasteiger partial charge >= 0.3 is 0 Å². The van der Waals surface area contributed by atoms with Crippen LogP contribution in [0.1, 0.15) is 16.1 Å². The molecule has 0 aliphatic carbocycles. The zero-order chi connectivity index (χ0) is 15.4. The maximum absolute atomic E-state index is 9.30. The molecule has 0 bridgehead atoms. The molecule has 0 aliphatic heterocycles. The van der Waals surface area contributed by atoms with Gasteiger partial charge in [-0.2, -0.15) is 5.10 Å². The van der Waals surface area contributed by atoms with E-state index in [-0.39, 0.29) is 5.75 Å². The number of nitrogens with zero attached hydrogens (tertiary/aromatic N) is 2. The summed E-state index contributed by atoms with van der Waals surface area (Å²) in [7, 11) is 0. The van der Waals surface area contributed by atoms with Crippen molar-refractivity contribution in [1.82, 2.24) is 9.78 Å². The van der Waals surface area contributed by atoms with Gasteiger partial charge in [-0.25, -0.2) is 4.68 Å². The molecule has 2 heterocycles. The maximum Gasteiger partial charge on any atom is 0.115 e. The topological polar surface area (TPSA) is 38.0 Å². The summed E-state index contributed by atoms with van der Waals surface area (Å²) in [6.45, 7) is 4.08. The fraction of sp³-hybridized carbons (Fsp3) is 0.0556. The first-order valence-electron chi connectivity index (χ1n) is 6.94. The molecule has 0 spiro atoms. The van der Waals surface area contributed by atoms with Gasteiger partial charge in [0.05, 0.1) is 5.69 Å². The highest BCUT2D eigenvalue weighted by Gasteiger charge is 2.02. The molecule has 22 heavy (non-hydrogen) atoms.